The summed E-state index contributed by atoms with van der Waals surface area (Å²) >= 11 is 0. The van der Waals surface area contributed by atoms with Crippen LogP contribution in [0.25, 0.3) is 0 Å². The van der Waals surface area contributed by atoms with Gasteiger partial charge < -0.3 is 4.74 Å². The monoisotopic (exact) mass is 226 g/mol. The van der Waals surface area contributed by atoms with Gasteiger partial charge in [-0.3, -0.25) is 4.79 Å². The van der Waals surface area contributed by atoms with Crippen LogP contribution < -0.4 is 0 Å². The highest BCUT2D eigenvalue weighted by Gasteiger charge is 2.61. The normalized spacial score (nSPS) is 49.4. The molecule has 0 aromatic rings. The van der Waals surface area contributed by atoms with E-state index in [2.05, 4.69) is 0 Å². The molecule has 0 aromatic heterocycles. The topological polar surface area (TPSA) is 26.3 Å². The van der Waals surface area contributed by atoms with Gasteiger partial charge in [0.05, 0.1) is 12.0 Å². The highest BCUT2D eigenvalue weighted by molar-refractivity contribution is 5.77. The van der Waals surface area contributed by atoms with Gasteiger partial charge in [0.1, 0.15) is 5.67 Å². The van der Waals surface area contributed by atoms with Crippen LogP contribution in [0.4, 0.5) is 4.39 Å². The summed E-state index contributed by atoms with van der Waals surface area (Å²) in [7, 11) is 0. The quantitative estimate of drug-likeness (QED) is 0.677. The summed E-state index contributed by atoms with van der Waals surface area (Å²) < 4.78 is 19.7. The zero-order chi connectivity index (χ0) is 11.4. The number of carbonyl (C=O) groups is 1. The Kier molecular flexibility index (Phi) is 2.11. The fourth-order valence-corrected chi connectivity index (χ4v) is 4.67. The van der Waals surface area contributed by atoms with E-state index in [1.807, 2.05) is 6.92 Å². The van der Waals surface area contributed by atoms with Crippen molar-refractivity contribution in [2.24, 2.45) is 17.3 Å². The number of halogens is 1. The SMILES string of the molecule is CCOC(=O)C12CC3CC(CC(F)(C3)C1)C2. The van der Waals surface area contributed by atoms with Crippen molar-refractivity contribution in [1.82, 2.24) is 0 Å². The van der Waals surface area contributed by atoms with Crippen molar-refractivity contribution in [2.75, 3.05) is 6.61 Å². The van der Waals surface area contributed by atoms with E-state index in [4.69, 9.17) is 4.74 Å². The molecule has 0 spiro atoms. The molecule has 4 bridgehead atoms. The molecule has 3 heteroatoms. The van der Waals surface area contributed by atoms with Crippen molar-refractivity contribution >= 4 is 5.97 Å². The van der Waals surface area contributed by atoms with Gasteiger partial charge in [-0.15, -0.1) is 0 Å². The van der Waals surface area contributed by atoms with Gasteiger partial charge in [0.25, 0.3) is 0 Å². The standard InChI is InChI=1S/C13H19FO2/c1-2-16-11(15)12-4-9-3-10(5-12)7-13(14,6-9)8-12/h9-10H,2-8H2,1H3. The van der Waals surface area contributed by atoms with Gasteiger partial charge in [-0.05, 0) is 57.3 Å². The average molecular weight is 226 g/mol. The molecular weight excluding hydrogens is 207 g/mol. The summed E-state index contributed by atoms with van der Waals surface area (Å²) in [5.41, 5.74) is -1.52. The van der Waals surface area contributed by atoms with E-state index in [9.17, 15) is 9.18 Å². The number of ether oxygens (including phenoxy) is 1. The third-order valence-corrected chi connectivity index (χ3v) is 4.70. The second-order valence-electron chi connectivity index (χ2n) is 6.11. The molecule has 0 aliphatic heterocycles. The first kappa shape index (κ1) is 10.5. The Morgan fingerprint density at radius 1 is 1.31 bits per heavy atom. The van der Waals surface area contributed by atoms with Crippen LogP contribution in [0, 0.1) is 17.3 Å². The molecule has 0 radical (unpaired) electrons. The van der Waals surface area contributed by atoms with Crippen LogP contribution in [0.1, 0.15) is 45.4 Å². The van der Waals surface area contributed by atoms with Crippen LogP contribution in [0.2, 0.25) is 0 Å². The van der Waals surface area contributed by atoms with Gasteiger partial charge in [-0.25, -0.2) is 4.39 Å². The molecule has 4 aliphatic rings. The molecule has 2 atom stereocenters. The Labute approximate surface area is 95.5 Å². The van der Waals surface area contributed by atoms with Crippen LogP contribution in [0.3, 0.4) is 0 Å². The number of esters is 1. The number of hydrogen-bond acceptors (Lipinski definition) is 2. The largest absolute Gasteiger partial charge is 0.466 e. The van der Waals surface area contributed by atoms with Crippen molar-refractivity contribution in [3.63, 3.8) is 0 Å². The zero-order valence-corrected chi connectivity index (χ0v) is 9.80. The molecule has 4 aliphatic carbocycles. The lowest BCUT2D eigenvalue weighted by molar-refractivity contribution is -0.182. The molecule has 0 aromatic carbocycles. The third kappa shape index (κ3) is 1.40. The maximum atomic E-state index is 14.5. The first-order valence-electron chi connectivity index (χ1n) is 6.41. The van der Waals surface area contributed by atoms with Gasteiger partial charge in [0, 0.05) is 0 Å². The molecule has 2 unspecified atom stereocenters. The van der Waals surface area contributed by atoms with E-state index in [0.29, 0.717) is 37.7 Å². The Bertz CT molecular complexity index is 312. The van der Waals surface area contributed by atoms with Crippen molar-refractivity contribution in [2.45, 2.75) is 51.1 Å². The molecule has 0 heterocycles. The van der Waals surface area contributed by atoms with Gasteiger partial charge >= 0.3 is 5.97 Å². The summed E-state index contributed by atoms with van der Waals surface area (Å²) in [4.78, 5) is 12.0. The summed E-state index contributed by atoms with van der Waals surface area (Å²) in [5, 5.41) is 0. The second kappa shape index (κ2) is 3.21. The van der Waals surface area contributed by atoms with E-state index in [0.717, 1.165) is 19.3 Å². The Morgan fingerprint density at radius 2 is 1.94 bits per heavy atom. The fraction of sp³-hybridized carbons (Fsp3) is 0.923. The zero-order valence-electron chi connectivity index (χ0n) is 9.80. The van der Waals surface area contributed by atoms with Gasteiger partial charge in [-0.1, -0.05) is 0 Å². The molecule has 4 fully saturated rings. The lowest BCUT2D eigenvalue weighted by Gasteiger charge is -2.57. The predicted octanol–water partition coefficient (Wildman–Crippen LogP) is 2.86. The average Bonchev–Trinajstić information content (AvgIpc) is 2.13. The number of alkyl halides is 1. The number of rotatable bonds is 2. The Hall–Kier alpha value is -0.600. The lowest BCUT2D eigenvalue weighted by Crippen LogP contribution is -2.56. The van der Waals surface area contributed by atoms with E-state index < -0.39 is 11.1 Å². The smallest absolute Gasteiger partial charge is 0.312 e. The minimum absolute atomic E-state index is 0.133. The van der Waals surface area contributed by atoms with E-state index >= 15 is 0 Å². The predicted molar refractivity (Wildman–Crippen MR) is 57.6 cm³/mol. The van der Waals surface area contributed by atoms with Gasteiger partial charge in [0.15, 0.2) is 0 Å². The van der Waals surface area contributed by atoms with Crippen molar-refractivity contribution in [1.29, 1.82) is 0 Å². The summed E-state index contributed by atoms with van der Waals surface area (Å²) in [6.45, 7) is 2.23. The third-order valence-electron chi connectivity index (χ3n) is 4.70. The van der Waals surface area contributed by atoms with Crippen LogP contribution in [0.5, 0.6) is 0 Å². The van der Waals surface area contributed by atoms with E-state index in [1.54, 1.807) is 0 Å². The fourth-order valence-electron chi connectivity index (χ4n) is 4.67. The molecule has 4 rings (SSSR count). The molecule has 2 nitrogen and oxygen atoms in total. The van der Waals surface area contributed by atoms with Crippen LogP contribution >= 0.6 is 0 Å². The number of carbonyl (C=O) groups excluding carboxylic acids is 1. The highest BCUT2D eigenvalue weighted by Crippen LogP contribution is 2.63. The minimum atomic E-state index is -1.06. The van der Waals surface area contributed by atoms with Crippen molar-refractivity contribution in [3.05, 3.63) is 0 Å². The Morgan fingerprint density at radius 3 is 2.44 bits per heavy atom. The summed E-state index contributed by atoms with van der Waals surface area (Å²) in [5.74, 6) is 0.720. The van der Waals surface area contributed by atoms with Crippen LogP contribution in [-0.4, -0.2) is 18.2 Å². The first-order chi connectivity index (χ1) is 7.55. The Balaban J connectivity index is 1.89. The van der Waals surface area contributed by atoms with Crippen LogP contribution in [0.15, 0.2) is 0 Å². The molecule has 4 saturated carbocycles. The summed E-state index contributed by atoms with van der Waals surface area (Å²) in [6, 6.07) is 0. The molecular formula is C13H19FO2. The molecule has 0 N–H and O–H groups in total. The summed E-state index contributed by atoms with van der Waals surface area (Å²) in [6.07, 6.45) is 4.66. The molecule has 16 heavy (non-hydrogen) atoms. The maximum absolute atomic E-state index is 14.5. The second-order valence-corrected chi connectivity index (χ2v) is 6.11. The highest BCUT2D eigenvalue weighted by atomic mass is 19.1. The molecule has 90 valence electrons. The van der Waals surface area contributed by atoms with Crippen molar-refractivity contribution < 1.29 is 13.9 Å². The van der Waals surface area contributed by atoms with E-state index in [1.165, 1.54) is 0 Å². The van der Waals surface area contributed by atoms with Crippen LogP contribution in [-0.2, 0) is 9.53 Å². The molecule has 0 amide bonds. The lowest BCUT2D eigenvalue weighted by atomic mass is 9.48. The first-order valence-corrected chi connectivity index (χ1v) is 6.41. The number of hydrogen-bond donors (Lipinski definition) is 0. The van der Waals surface area contributed by atoms with Gasteiger partial charge in [0.2, 0.25) is 0 Å². The van der Waals surface area contributed by atoms with E-state index in [-0.39, 0.29) is 5.97 Å². The van der Waals surface area contributed by atoms with Gasteiger partial charge in [-0.2, -0.15) is 0 Å². The maximum Gasteiger partial charge on any atom is 0.312 e. The minimum Gasteiger partial charge on any atom is -0.466 e. The van der Waals surface area contributed by atoms with Crippen molar-refractivity contribution in [3.8, 4) is 0 Å². The molecule has 0 saturated heterocycles.